The molecule has 2 heterocycles. The lowest BCUT2D eigenvalue weighted by atomic mass is 10.1. The highest BCUT2D eigenvalue weighted by molar-refractivity contribution is 6.31. The zero-order chi connectivity index (χ0) is 14.8. The van der Waals surface area contributed by atoms with Gasteiger partial charge in [-0.15, -0.1) is 11.6 Å². The summed E-state index contributed by atoms with van der Waals surface area (Å²) in [6.07, 6.45) is 3.33. The normalized spacial score (nSPS) is 11.2. The molecule has 3 aromatic rings. The number of benzene rings is 1. The Balaban J connectivity index is 2.25. The number of nitrogens with zero attached hydrogens (tertiary/aromatic N) is 3. The van der Waals surface area contributed by atoms with Gasteiger partial charge in [0.05, 0.1) is 5.02 Å². The van der Waals surface area contributed by atoms with E-state index in [4.69, 9.17) is 23.2 Å². The van der Waals surface area contributed by atoms with Crippen molar-refractivity contribution in [2.75, 3.05) is 5.88 Å². The van der Waals surface area contributed by atoms with E-state index in [1.165, 1.54) is 5.56 Å². The molecule has 0 saturated carbocycles. The lowest BCUT2D eigenvalue weighted by molar-refractivity contribution is 0.903. The molecule has 0 aliphatic rings. The van der Waals surface area contributed by atoms with Crippen LogP contribution in [0.4, 0.5) is 0 Å². The number of aromatic nitrogens is 3. The summed E-state index contributed by atoms with van der Waals surface area (Å²) in [4.78, 5) is 9.07. The largest absolute Gasteiger partial charge is 0.281 e. The van der Waals surface area contributed by atoms with E-state index in [0.717, 1.165) is 29.1 Å². The van der Waals surface area contributed by atoms with Gasteiger partial charge in [-0.1, -0.05) is 30.7 Å². The quantitative estimate of drug-likeness (QED) is 0.666. The standard InChI is InChI=1S/C16H15Cl2N3/c1-2-11-4-3-5-13(8-11)21-15(6-7-17)20-14-9-12(18)10-19-16(14)21/h3-5,8-10H,2,6-7H2,1H3. The topological polar surface area (TPSA) is 30.7 Å². The Morgan fingerprint density at radius 2 is 2.10 bits per heavy atom. The number of pyridine rings is 1. The smallest absolute Gasteiger partial charge is 0.164 e. The summed E-state index contributed by atoms with van der Waals surface area (Å²) in [5.41, 5.74) is 3.95. The number of rotatable bonds is 4. The maximum Gasteiger partial charge on any atom is 0.164 e. The van der Waals surface area contributed by atoms with E-state index < -0.39 is 0 Å². The van der Waals surface area contributed by atoms with Gasteiger partial charge in [-0.05, 0) is 30.2 Å². The average molecular weight is 320 g/mol. The summed E-state index contributed by atoms with van der Waals surface area (Å²) in [5.74, 6) is 1.42. The predicted octanol–water partition coefficient (Wildman–Crippen LogP) is 4.42. The Kier molecular flexibility index (Phi) is 4.13. The Morgan fingerprint density at radius 3 is 2.86 bits per heavy atom. The first-order valence-electron chi connectivity index (χ1n) is 6.91. The first kappa shape index (κ1) is 14.4. The number of alkyl halides is 1. The van der Waals surface area contributed by atoms with Crippen LogP contribution in [0.2, 0.25) is 5.02 Å². The fourth-order valence-corrected chi connectivity index (χ4v) is 2.75. The van der Waals surface area contributed by atoms with E-state index in [1.807, 2.05) is 6.07 Å². The Bertz CT molecular complexity index is 780. The zero-order valence-corrected chi connectivity index (χ0v) is 13.2. The van der Waals surface area contributed by atoms with Crippen molar-refractivity contribution in [1.29, 1.82) is 0 Å². The molecule has 0 aliphatic carbocycles. The molecule has 0 aliphatic heterocycles. The first-order chi connectivity index (χ1) is 10.2. The van der Waals surface area contributed by atoms with Gasteiger partial charge in [0.1, 0.15) is 11.3 Å². The Hall–Kier alpha value is -1.58. The molecule has 0 atom stereocenters. The molecule has 0 fully saturated rings. The van der Waals surface area contributed by atoms with Crippen molar-refractivity contribution in [2.24, 2.45) is 0 Å². The second-order valence-corrected chi connectivity index (χ2v) is 5.64. The molecule has 0 amide bonds. The van der Waals surface area contributed by atoms with Gasteiger partial charge in [0.15, 0.2) is 5.65 Å². The molecular weight excluding hydrogens is 305 g/mol. The van der Waals surface area contributed by atoms with Crippen molar-refractivity contribution in [3.05, 3.63) is 52.9 Å². The summed E-state index contributed by atoms with van der Waals surface area (Å²) in [5, 5.41) is 0.590. The third-order valence-electron chi connectivity index (χ3n) is 3.43. The van der Waals surface area contributed by atoms with Crippen LogP contribution in [-0.4, -0.2) is 20.4 Å². The molecule has 3 rings (SSSR count). The first-order valence-corrected chi connectivity index (χ1v) is 7.82. The summed E-state index contributed by atoms with van der Waals surface area (Å²) in [6, 6.07) is 10.2. The maximum absolute atomic E-state index is 6.01. The Morgan fingerprint density at radius 1 is 1.24 bits per heavy atom. The minimum absolute atomic E-state index is 0.518. The van der Waals surface area contributed by atoms with Crippen LogP contribution in [0.3, 0.4) is 0 Å². The number of imidazole rings is 1. The van der Waals surface area contributed by atoms with Gasteiger partial charge in [-0.2, -0.15) is 0 Å². The highest BCUT2D eigenvalue weighted by Gasteiger charge is 2.13. The number of hydrogen-bond donors (Lipinski definition) is 0. The summed E-state index contributed by atoms with van der Waals surface area (Å²) in [7, 11) is 0. The van der Waals surface area contributed by atoms with Crippen LogP contribution in [-0.2, 0) is 12.8 Å². The number of fused-ring (bicyclic) bond motifs is 1. The fraction of sp³-hybridized carbons (Fsp3) is 0.250. The van der Waals surface area contributed by atoms with Crippen LogP contribution in [0.5, 0.6) is 0 Å². The zero-order valence-electron chi connectivity index (χ0n) is 11.7. The van der Waals surface area contributed by atoms with Crippen molar-refractivity contribution in [3.8, 4) is 5.69 Å². The second-order valence-electron chi connectivity index (χ2n) is 4.82. The van der Waals surface area contributed by atoms with E-state index in [1.54, 1.807) is 6.20 Å². The van der Waals surface area contributed by atoms with E-state index in [9.17, 15) is 0 Å². The molecule has 0 bridgehead atoms. The highest BCUT2D eigenvalue weighted by atomic mass is 35.5. The predicted molar refractivity (Wildman–Crippen MR) is 87.7 cm³/mol. The molecule has 3 nitrogen and oxygen atoms in total. The van der Waals surface area contributed by atoms with Crippen LogP contribution in [0.25, 0.3) is 16.9 Å². The average Bonchev–Trinajstić information content (AvgIpc) is 2.84. The van der Waals surface area contributed by atoms with Gasteiger partial charge in [-0.25, -0.2) is 9.97 Å². The highest BCUT2D eigenvalue weighted by Crippen LogP contribution is 2.23. The summed E-state index contributed by atoms with van der Waals surface area (Å²) < 4.78 is 2.06. The second kappa shape index (κ2) is 6.04. The van der Waals surface area contributed by atoms with E-state index >= 15 is 0 Å². The van der Waals surface area contributed by atoms with Gasteiger partial charge >= 0.3 is 0 Å². The maximum atomic E-state index is 6.01. The van der Waals surface area contributed by atoms with Crippen LogP contribution >= 0.6 is 23.2 Å². The lowest BCUT2D eigenvalue weighted by Gasteiger charge is -2.09. The van der Waals surface area contributed by atoms with Crippen LogP contribution in [0.15, 0.2) is 36.5 Å². The molecule has 21 heavy (non-hydrogen) atoms. The van der Waals surface area contributed by atoms with Crippen molar-refractivity contribution in [3.63, 3.8) is 0 Å². The molecular formula is C16H15Cl2N3. The fourth-order valence-electron chi connectivity index (χ4n) is 2.43. The van der Waals surface area contributed by atoms with Crippen molar-refractivity contribution < 1.29 is 0 Å². The van der Waals surface area contributed by atoms with Gasteiger partial charge in [-0.3, -0.25) is 4.57 Å². The van der Waals surface area contributed by atoms with Gasteiger partial charge in [0, 0.05) is 24.2 Å². The van der Waals surface area contributed by atoms with Crippen molar-refractivity contribution in [1.82, 2.24) is 14.5 Å². The monoisotopic (exact) mass is 319 g/mol. The molecule has 0 spiro atoms. The van der Waals surface area contributed by atoms with E-state index in [2.05, 4.69) is 45.7 Å². The summed E-state index contributed by atoms with van der Waals surface area (Å²) in [6.45, 7) is 2.14. The van der Waals surface area contributed by atoms with Crippen LogP contribution in [0, 0.1) is 0 Å². The van der Waals surface area contributed by atoms with Crippen molar-refractivity contribution >= 4 is 34.4 Å². The third kappa shape index (κ3) is 2.76. The molecule has 1 aromatic carbocycles. The Labute approximate surface area is 133 Å². The minimum atomic E-state index is 0.518. The van der Waals surface area contributed by atoms with Gasteiger partial charge < -0.3 is 0 Å². The molecule has 0 N–H and O–H groups in total. The summed E-state index contributed by atoms with van der Waals surface area (Å²) >= 11 is 11.9. The third-order valence-corrected chi connectivity index (χ3v) is 3.82. The van der Waals surface area contributed by atoms with E-state index in [-0.39, 0.29) is 0 Å². The minimum Gasteiger partial charge on any atom is -0.281 e. The molecule has 0 radical (unpaired) electrons. The lowest BCUT2D eigenvalue weighted by Crippen LogP contribution is -2.03. The van der Waals surface area contributed by atoms with E-state index in [0.29, 0.717) is 17.3 Å². The molecule has 5 heteroatoms. The van der Waals surface area contributed by atoms with Crippen LogP contribution < -0.4 is 0 Å². The number of hydrogen-bond acceptors (Lipinski definition) is 2. The molecule has 0 saturated heterocycles. The van der Waals surface area contributed by atoms with Crippen molar-refractivity contribution in [2.45, 2.75) is 19.8 Å². The van der Waals surface area contributed by atoms with Crippen LogP contribution in [0.1, 0.15) is 18.3 Å². The number of aryl methyl sites for hydroxylation is 2. The molecule has 108 valence electrons. The molecule has 0 unspecified atom stereocenters. The van der Waals surface area contributed by atoms with Gasteiger partial charge in [0.2, 0.25) is 0 Å². The SMILES string of the molecule is CCc1cccc(-n2c(CCCl)nc3cc(Cl)cnc32)c1. The number of halogens is 2. The molecule has 2 aromatic heterocycles. The van der Waals surface area contributed by atoms with Gasteiger partial charge in [0.25, 0.3) is 0 Å².